The van der Waals surface area contributed by atoms with Crippen molar-refractivity contribution in [2.24, 2.45) is 0 Å². The Labute approximate surface area is 144 Å². The molecule has 7 heteroatoms. The third kappa shape index (κ3) is 4.59. The second-order valence-corrected chi connectivity index (χ2v) is 4.91. The minimum atomic E-state index is -0.644. The van der Waals surface area contributed by atoms with E-state index in [1.54, 1.807) is 54.6 Å². The number of hydrogen-bond acceptors (Lipinski definition) is 5. The van der Waals surface area contributed by atoms with Crippen molar-refractivity contribution >= 4 is 23.2 Å². The number of rotatable bonds is 5. The SMILES string of the molecule is COc1ccc(NC(=O)/C(C#N)=C\NC(=O)c2ccccc2N)cc1. The van der Waals surface area contributed by atoms with Crippen LogP contribution in [0.1, 0.15) is 10.4 Å². The van der Waals surface area contributed by atoms with E-state index in [0.717, 1.165) is 6.20 Å². The number of nitrogens with two attached hydrogens (primary N) is 1. The zero-order valence-electron chi connectivity index (χ0n) is 13.4. The standard InChI is InChI=1S/C18H16N4O3/c1-25-14-8-6-13(7-9-14)22-17(23)12(10-19)11-21-18(24)15-4-2-3-5-16(15)20/h2-9,11H,20H2,1H3,(H,21,24)(H,22,23)/b12-11-. The van der Waals surface area contributed by atoms with Crippen LogP contribution in [0.3, 0.4) is 0 Å². The molecule has 2 amide bonds. The molecule has 0 radical (unpaired) electrons. The highest BCUT2D eigenvalue weighted by molar-refractivity contribution is 6.07. The van der Waals surface area contributed by atoms with Crippen molar-refractivity contribution in [3.63, 3.8) is 0 Å². The highest BCUT2D eigenvalue weighted by Crippen LogP contribution is 2.15. The molecule has 0 unspecified atom stereocenters. The Morgan fingerprint density at radius 1 is 1.16 bits per heavy atom. The van der Waals surface area contributed by atoms with E-state index >= 15 is 0 Å². The molecule has 0 aliphatic rings. The lowest BCUT2D eigenvalue weighted by Gasteiger charge is -2.06. The van der Waals surface area contributed by atoms with Crippen LogP contribution in [0.4, 0.5) is 11.4 Å². The second-order valence-electron chi connectivity index (χ2n) is 4.91. The predicted molar refractivity (Wildman–Crippen MR) is 93.6 cm³/mol. The molecule has 0 aliphatic carbocycles. The smallest absolute Gasteiger partial charge is 0.267 e. The summed E-state index contributed by atoms with van der Waals surface area (Å²) in [6.45, 7) is 0. The number of nitrogens with one attached hydrogen (secondary N) is 2. The molecule has 0 heterocycles. The third-order valence-electron chi connectivity index (χ3n) is 3.27. The molecule has 7 nitrogen and oxygen atoms in total. The summed E-state index contributed by atoms with van der Waals surface area (Å²) in [4.78, 5) is 24.2. The number of nitriles is 1. The summed E-state index contributed by atoms with van der Waals surface area (Å²) in [5.41, 5.74) is 6.51. The number of carbonyl (C=O) groups is 2. The summed E-state index contributed by atoms with van der Waals surface area (Å²) < 4.78 is 5.03. The van der Waals surface area contributed by atoms with Crippen molar-refractivity contribution in [1.29, 1.82) is 5.26 Å². The van der Waals surface area contributed by atoms with Crippen LogP contribution in [-0.4, -0.2) is 18.9 Å². The number of carbonyl (C=O) groups excluding carboxylic acids is 2. The normalized spacial score (nSPS) is 10.5. The van der Waals surface area contributed by atoms with Crippen molar-refractivity contribution in [3.05, 3.63) is 65.9 Å². The van der Waals surface area contributed by atoms with E-state index in [0.29, 0.717) is 17.1 Å². The molecule has 0 aliphatic heterocycles. The molecule has 25 heavy (non-hydrogen) atoms. The number of ether oxygens (including phenoxy) is 1. The minimum absolute atomic E-state index is 0.251. The zero-order chi connectivity index (χ0) is 18.2. The highest BCUT2D eigenvalue weighted by atomic mass is 16.5. The first kappa shape index (κ1) is 17.6. The van der Waals surface area contributed by atoms with Gasteiger partial charge in [0.15, 0.2) is 0 Å². The van der Waals surface area contributed by atoms with Gasteiger partial charge in [-0.1, -0.05) is 12.1 Å². The number of nitrogens with zero attached hydrogens (tertiary/aromatic N) is 1. The fourth-order valence-corrected chi connectivity index (χ4v) is 1.94. The van der Waals surface area contributed by atoms with Crippen LogP contribution in [0.25, 0.3) is 0 Å². The van der Waals surface area contributed by atoms with Gasteiger partial charge in [-0.15, -0.1) is 0 Å². The zero-order valence-corrected chi connectivity index (χ0v) is 13.4. The quantitative estimate of drug-likeness (QED) is 0.439. The number of nitrogen functional groups attached to an aromatic ring is 1. The Kier molecular flexibility index (Phi) is 5.74. The summed E-state index contributed by atoms with van der Waals surface area (Å²) in [6.07, 6.45) is 1.05. The molecular formula is C18H16N4O3. The fraction of sp³-hybridized carbons (Fsp3) is 0.0556. The molecule has 0 atom stereocenters. The molecule has 0 saturated heterocycles. The lowest BCUT2D eigenvalue weighted by atomic mass is 10.1. The van der Waals surface area contributed by atoms with Crippen molar-refractivity contribution in [2.75, 3.05) is 18.2 Å². The van der Waals surface area contributed by atoms with E-state index in [-0.39, 0.29) is 11.1 Å². The summed E-state index contributed by atoms with van der Waals surface area (Å²) in [5.74, 6) is -0.515. The molecule has 0 fully saturated rings. The molecule has 126 valence electrons. The molecular weight excluding hydrogens is 320 g/mol. The number of para-hydroxylation sites is 1. The first-order valence-electron chi connectivity index (χ1n) is 7.26. The first-order valence-corrected chi connectivity index (χ1v) is 7.26. The van der Waals surface area contributed by atoms with Gasteiger partial charge in [-0.2, -0.15) is 5.26 Å². The minimum Gasteiger partial charge on any atom is -0.497 e. The second kappa shape index (κ2) is 8.17. The summed E-state index contributed by atoms with van der Waals surface area (Å²) in [6, 6.07) is 14.8. The van der Waals surface area contributed by atoms with Crippen LogP contribution >= 0.6 is 0 Å². The van der Waals surface area contributed by atoms with Crippen molar-refractivity contribution in [1.82, 2.24) is 5.32 Å². The number of anilines is 2. The highest BCUT2D eigenvalue weighted by Gasteiger charge is 2.12. The van der Waals surface area contributed by atoms with Crippen LogP contribution in [0, 0.1) is 11.3 Å². The Hall–Kier alpha value is -3.79. The maximum atomic E-state index is 12.1. The van der Waals surface area contributed by atoms with Gasteiger partial charge in [0.05, 0.1) is 12.7 Å². The van der Waals surface area contributed by atoms with E-state index in [4.69, 9.17) is 15.7 Å². The van der Waals surface area contributed by atoms with E-state index in [1.165, 1.54) is 7.11 Å². The Balaban J connectivity index is 2.06. The number of benzene rings is 2. The largest absolute Gasteiger partial charge is 0.497 e. The van der Waals surface area contributed by atoms with Gasteiger partial charge in [0.25, 0.3) is 11.8 Å². The van der Waals surface area contributed by atoms with Gasteiger partial charge in [0.1, 0.15) is 17.4 Å². The average molecular weight is 336 g/mol. The van der Waals surface area contributed by atoms with Crippen molar-refractivity contribution in [3.8, 4) is 11.8 Å². The maximum Gasteiger partial charge on any atom is 0.267 e. The Morgan fingerprint density at radius 3 is 2.44 bits per heavy atom. The van der Waals surface area contributed by atoms with Crippen LogP contribution in [0.15, 0.2) is 60.3 Å². The monoisotopic (exact) mass is 336 g/mol. The lowest BCUT2D eigenvalue weighted by molar-refractivity contribution is -0.112. The van der Waals surface area contributed by atoms with Gasteiger partial charge in [-0.25, -0.2) is 0 Å². The van der Waals surface area contributed by atoms with Gasteiger partial charge in [-0.3, -0.25) is 9.59 Å². The molecule has 0 spiro atoms. The van der Waals surface area contributed by atoms with E-state index in [9.17, 15) is 9.59 Å². The molecule has 2 aromatic carbocycles. The fourth-order valence-electron chi connectivity index (χ4n) is 1.94. The predicted octanol–water partition coefficient (Wildman–Crippen LogP) is 2.05. The van der Waals surface area contributed by atoms with Crippen LogP contribution in [-0.2, 0) is 4.79 Å². The van der Waals surface area contributed by atoms with E-state index in [1.807, 2.05) is 0 Å². The van der Waals surface area contributed by atoms with Crippen LogP contribution < -0.4 is 21.1 Å². The van der Waals surface area contributed by atoms with Crippen molar-refractivity contribution in [2.45, 2.75) is 0 Å². The van der Waals surface area contributed by atoms with Crippen LogP contribution in [0.5, 0.6) is 5.75 Å². The van der Waals surface area contributed by atoms with Gasteiger partial charge in [0.2, 0.25) is 0 Å². The molecule has 0 aromatic heterocycles. The molecule has 0 bridgehead atoms. The average Bonchev–Trinajstić information content (AvgIpc) is 2.63. The van der Waals surface area contributed by atoms with Gasteiger partial charge in [-0.05, 0) is 36.4 Å². The van der Waals surface area contributed by atoms with Crippen molar-refractivity contribution < 1.29 is 14.3 Å². The van der Waals surface area contributed by atoms with Gasteiger partial charge >= 0.3 is 0 Å². The van der Waals surface area contributed by atoms with Crippen LogP contribution in [0.2, 0.25) is 0 Å². The van der Waals surface area contributed by atoms with Gasteiger partial charge < -0.3 is 21.1 Å². The molecule has 2 aromatic rings. The van der Waals surface area contributed by atoms with E-state index in [2.05, 4.69) is 10.6 Å². The maximum absolute atomic E-state index is 12.1. The van der Waals surface area contributed by atoms with E-state index < -0.39 is 11.8 Å². The number of methoxy groups -OCH3 is 1. The summed E-state index contributed by atoms with van der Waals surface area (Å²) in [7, 11) is 1.53. The Morgan fingerprint density at radius 2 is 1.84 bits per heavy atom. The molecule has 4 N–H and O–H groups in total. The first-order chi connectivity index (χ1) is 12.0. The van der Waals surface area contributed by atoms with Gasteiger partial charge in [0, 0.05) is 17.6 Å². The summed E-state index contributed by atoms with van der Waals surface area (Å²) in [5, 5.41) is 14.1. The Bertz CT molecular complexity index is 851. The molecule has 0 saturated carbocycles. The molecule has 2 rings (SSSR count). The number of hydrogen-bond donors (Lipinski definition) is 3. The number of amides is 2. The third-order valence-corrected chi connectivity index (χ3v) is 3.27. The lowest BCUT2D eigenvalue weighted by Crippen LogP contribution is -2.22. The summed E-state index contributed by atoms with van der Waals surface area (Å²) >= 11 is 0. The topological polar surface area (TPSA) is 117 Å².